The Hall–Kier alpha value is -2.29. The summed E-state index contributed by atoms with van der Waals surface area (Å²) in [7, 11) is 0. The minimum Gasteiger partial charge on any atom is -0.489 e. The Morgan fingerprint density at radius 1 is 1.05 bits per heavy atom. The second-order valence-corrected chi connectivity index (χ2v) is 5.16. The summed E-state index contributed by atoms with van der Waals surface area (Å²) in [6, 6.07) is 12.3. The summed E-state index contributed by atoms with van der Waals surface area (Å²) in [6.07, 6.45) is 0. The van der Waals surface area contributed by atoms with E-state index in [1.807, 2.05) is 25.1 Å². The number of aromatic nitrogens is 2. The van der Waals surface area contributed by atoms with E-state index in [4.69, 9.17) is 4.74 Å². The van der Waals surface area contributed by atoms with Gasteiger partial charge in [0.15, 0.2) is 0 Å². The van der Waals surface area contributed by atoms with E-state index in [0.29, 0.717) is 6.61 Å². The molecule has 102 valence electrons. The molecule has 0 radical (unpaired) electrons. The predicted octanol–water partition coefficient (Wildman–Crippen LogP) is 4.07. The Balaban J connectivity index is 1.83. The number of aromatic amines is 1. The van der Waals surface area contributed by atoms with Crippen LogP contribution in [0.25, 0.3) is 11.0 Å². The molecule has 0 unspecified atom stereocenters. The van der Waals surface area contributed by atoms with Gasteiger partial charge in [0.25, 0.3) is 0 Å². The van der Waals surface area contributed by atoms with Crippen LogP contribution in [-0.2, 0) is 6.61 Å². The molecule has 0 bridgehead atoms. The lowest BCUT2D eigenvalue weighted by atomic mass is 10.0. The molecule has 0 aliphatic heterocycles. The quantitative estimate of drug-likeness (QED) is 0.776. The monoisotopic (exact) mass is 266 g/mol. The molecule has 2 aromatic carbocycles. The first-order valence-corrected chi connectivity index (χ1v) is 6.78. The Kier molecular flexibility index (Phi) is 3.18. The van der Waals surface area contributed by atoms with Crippen molar-refractivity contribution in [2.45, 2.75) is 27.4 Å². The molecule has 3 nitrogen and oxygen atoms in total. The Labute approximate surface area is 118 Å². The van der Waals surface area contributed by atoms with Gasteiger partial charge < -0.3 is 9.72 Å². The zero-order valence-corrected chi connectivity index (χ0v) is 12.0. The number of aryl methyl sites for hydroxylation is 3. The number of hydrogen-bond donors (Lipinski definition) is 1. The van der Waals surface area contributed by atoms with E-state index in [2.05, 4.69) is 42.0 Å². The maximum atomic E-state index is 5.92. The van der Waals surface area contributed by atoms with Crippen LogP contribution in [0.5, 0.6) is 5.75 Å². The van der Waals surface area contributed by atoms with Crippen LogP contribution in [0.4, 0.5) is 0 Å². The molecule has 3 heteroatoms. The standard InChI is InChI=1S/C17H18N2O/c1-11-5-4-6-12(2)15(11)10-20-14-7-8-16-17(9-14)19-13(3)18-16/h4-9H,10H2,1-3H3,(H,18,19). The van der Waals surface area contributed by atoms with Crippen molar-refractivity contribution in [3.05, 3.63) is 58.9 Å². The average Bonchev–Trinajstić information content (AvgIpc) is 2.77. The van der Waals surface area contributed by atoms with E-state index in [-0.39, 0.29) is 0 Å². The number of nitrogens with zero attached hydrogens (tertiary/aromatic N) is 1. The zero-order chi connectivity index (χ0) is 14.1. The number of nitrogens with one attached hydrogen (secondary N) is 1. The van der Waals surface area contributed by atoms with Gasteiger partial charge in [-0.3, -0.25) is 0 Å². The van der Waals surface area contributed by atoms with Gasteiger partial charge >= 0.3 is 0 Å². The lowest BCUT2D eigenvalue weighted by molar-refractivity contribution is 0.305. The molecule has 3 aromatic rings. The van der Waals surface area contributed by atoms with E-state index in [0.717, 1.165) is 22.6 Å². The fraction of sp³-hybridized carbons (Fsp3) is 0.235. The number of benzene rings is 2. The molecule has 3 rings (SSSR count). The molecule has 0 fully saturated rings. The zero-order valence-electron chi connectivity index (χ0n) is 12.0. The number of rotatable bonds is 3. The lowest BCUT2D eigenvalue weighted by Crippen LogP contribution is -2.00. The number of H-pyrrole nitrogens is 1. The van der Waals surface area contributed by atoms with Gasteiger partial charge in [0.05, 0.1) is 11.0 Å². The molecule has 1 aromatic heterocycles. The van der Waals surface area contributed by atoms with Crippen molar-refractivity contribution in [2.24, 2.45) is 0 Å². The fourth-order valence-corrected chi connectivity index (χ4v) is 2.44. The molecule has 0 aliphatic rings. The highest BCUT2D eigenvalue weighted by Gasteiger charge is 2.05. The number of imidazole rings is 1. The normalized spacial score (nSPS) is 10.9. The number of hydrogen-bond acceptors (Lipinski definition) is 2. The second-order valence-electron chi connectivity index (χ2n) is 5.16. The number of fused-ring (bicyclic) bond motifs is 1. The van der Waals surface area contributed by atoms with E-state index in [9.17, 15) is 0 Å². The Morgan fingerprint density at radius 3 is 2.55 bits per heavy atom. The lowest BCUT2D eigenvalue weighted by Gasteiger charge is -2.11. The summed E-state index contributed by atoms with van der Waals surface area (Å²) in [5, 5.41) is 0. The van der Waals surface area contributed by atoms with Gasteiger partial charge in [-0.15, -0.1) is 0 Å². The van der Waals surface area contributed by atoms with Crippen molar-refractivity contribution >= 4 is 11.0 Å². The van der Waals surface area contributed by atoms with Gasteiger partial charge in [-0.2, -0.15) is 0 Å². The van der Waals surface area contributed by atoms with E-state index in [1.165, 1.54) is 16.7 Å². The highest BCUT2D eigenvalue weighted by atomic mass is 16.5. The summed E-state index contributed by atoms with van der Waals surface area (Å²) >= 11 is 0. The SMILES string of the molecule is Cc1nc2ccc(OCc3c(C)cccc3C)cc2[nH]1. The van der Waals surface area contributed by atoms with Crippen LogP contribution in [0, 0.1) is 20.8 Å². The third-order valence-corrected chi connectivity index (χ3v) is 3.60. The van der Waals surface area contributed by atoms with Crippen LogP contribution in [0.15, 0.2) is 36.4 Å². The molecule has 0 saturated carbocycles. The largest absolute Gasteiger partial charge is 0.489 e. The van der Waals surface area contributed by atoms with Crippen molar-refractivity contribution < 1.29 is 4.74 Å². The van der Waals surface area contributed by atoms with Gasteiger partial charge in [0.2, 0.25) is 0 Å². The number of ether oxygens (including phenoxy) is 1. The molecular formula is C17H18N2O. The maximum Gasteiger partial charge on any atom is 0.122 e. The summed E-state index contributed by atoms with van der Waals surface area (Å²) in [5.41, 5.74) is 5.78. The van der Waals surface area contributed by atoms with Gasteiger partial charge in [0.1, 0.15) is 18.2 Å². The smallest absolute Gasteiger partial charge is 0.122 e. The molecule has 0 spiro atoms. The van der Waals surface area contributed by atoms with Crippen molar-refractivity contribution in [3.63, 3.8) is 0 Å². The van der Waals surface area contributed by atoms with Gasteiger partial charge in [-0.25, -0.2) is 4.98 Å². The summed E-state index contributed by atoms with van der Waals surface area (Å²) in [5.74, 6) is 1.79. The average molecular weight is 266 g/mol. The summed E-state index contributed by atoms with van der Waals surface area (Å²) in [6.45, 7) is 6.79. The molecule has 1 heterocycles. The molecule has 0 saturated heterocycles. The second kappa shape index (κ2) is 5.00. The highest BCUT2D eigenvalue weighted by Crippen LogP contribution is 2.21. The van der Waals surface area contributed by atoms with Gasteiger partial charge in [0, 0.05) is 6.07 Å². The topological polar surface area (TPSA) is 37.9 Å². The van der Waals surface area contributed by atoms with Crippen molar-refractivity contribution in [2.75, 3.05) is 0 Å². The Bertz CT molecular complexity index is 739. The molecule has 20 heavy (non-hydrogen) atoms. The van der Waals surface area contributed by atoms with Crippen LogP contribution in [0.3, 0.4) is 0 Å². The van der Waals surface area contributed by atoms with Gasteiger partial charge in [-0.1, -0.05) is 18.2 Å². The van der Waals surface area contributed by atoms with E-state index in [1.54, 1.807) is 0 Å². The van der Waals surface area contributed by atoms with E-state index < -0.39 is 0 Å². The first kappa shape index (κ1) is 12.7. The van der Waals surface area contributed by atoms with Crippen LogP contribution in [0.1, 0.15) is 22.5 Å². The first-order chi connectivity index (χ1) is 9.63. The maximum absolute atomic E-state index is 5.92. The predicted molar refractivity (Wildman–Crippen MR) is 81.1 cm³/mol. The fourth-order valence-electron chi connectivity index (χ4n) is 2.44. The van der Waals surface area contributed by atoms with Crippen LogP contribution in [0.2, 0.25) is 0 Å². The van der Waals surface area contributed by atoms with Crippen molar-refractivity contribution in [1.29, 1.82) is 0 Å². The summed E-state index contributed by atoms with van der Waals surface area (Å²) in [4.78, 5) is 7.62. The molecule has 1 N–H and O–H groups in total. The Morgan fingerprint density at radius 2 is 1.80 bits per heavy atom. The summed E-state index contributed by atoms with van der Waals surface area (Å²) < 4.78 is 5.92. The van der Waals surface area contributed by atoms with Crippen molar-refractivity contribution in [3.8, 4) is 5.75 Å². The molecule has 0 atom stereocenters. The van der Waals surface area contributed by atoms with E-state index >= 15 is 0 Å². The minimum atomic E-state index is 0.594. The van der Waals surface area contributed by atoms with Gasteiger partial charge in [-0.05, 0) is 49.6 Å². The third kappa shape index (κ3) is 2.39. The highest BCUT2D eigenvalue weighted by molar-refractivity contribution is 5.76. The van der Waals surface area contributed by atoms with Crippen LogP contribution < -0.4 is 4.74 Å². The van der Waals surface area contributed by atoms with Crippen molar-refractivity contribution in [1.82, 2.24) is 9.97 Å². The third-order valence-electron chi connectivity index (χ3n) is 3.60. The van der Waals surface area contributed by atoms with Crippen LogP contribution in [-0.4, -0.2) is 9.97 Å². The molecule has 0 aliphatic carbocycles. The molecule has 0 amide bonds. The minimum absolute atomic E-state index is 0.594. The molecular weight excluding hydrogens is 248 g/mol. The first-order valence-electron chi connectivity index (χ1n) is 6.78. The van der Waals surface area contributed by atoms with Crippen LogP contribution >= 0.6 is 0 Å².